The molecule has 1 fully saturated rings. The van der Waals surface area contributed by atoms with Crippen LogP contribution in [0.15, 0.2) is 24.5 Å². The predicted molar refractivity (Wildman–Crippen MR) is 55.8 cm³/mol. The van der Waals surface area contributed by atoms with E-state index in [-0.39, 0.29) is 0 Å². The molecule has 0 aliphatic carbocycles. The summed E-state index contributed by atoms with van der Waals surface area (Å²) in [6.45, 7) is 1.72. The summed E-state index contributed by atoms with van der Waals surface area (Å²) in [4.78, 5) is 4.60. The minimum Gasteiger partial charge on any atom is -0.381 e. The number of ether oxygens (including phenoxy) is 1. The van der Waals surface area contributed by atoms with Crippen molar-refractivity contribution in [3.05, 3.63) is 30.2 Å². The molecule has 4 nitrogen and oxygen atoms in total. The zero-order valence-electron chi connectivity index (χ0n) is 8.47. The summed E-state index contributed by atoms with van der Waals surface area (Å²) in [6, 6.07) is 4.00. The Labute approximate surface area is 87.9 Å². The van der Waals surface area contributed by atoms with Gasteiger partial charge in [-0.05, 0) is 18.9 Å². The molecule has 0 N–H and O–H groups in total. The van der Waals surface area contributed by atoms with Crippen molar-refractivity contribution >= 4 is 5.65 Å². The second-order valence-corrected chi connectivity index (χ2v) is 3.87. The number of fused-ring (bicyclic) bond motifs is 1. The first-order valence-electron chi connectivity index (χ1n) is 5.31. The lowest BCUT2D eigenvalue weighted by Gasteiger charge is -2.21. The fourth-order valence-electron chi connectivity index (χ4n) is 2.05. The van der Waals surface area contributed by atoms with Gasteiger partial charge in [0.15, 0.2) is 5.65 Å². The van der Waals surface area contributed by atoms with E-state index in [4.69, 9.17) is 4.74 Å². The normalized spacial score (nSPS) is 18.4. The lowest BCUT2D eigenvalue weighted by molar-refractivity contribution is 0.0845. The van der Waals surface area contributed by atoms with Crippen LogP contribution in [0, 0.1) is 0 Å². The summed E-state index contributed by atoms with van der Waals surface area (Å²) in [7, 11) is 0. The number of hydrogen-bond acceptors (Lipinski definition) is 3. The van der Waals surface area contributed by atoms with Gasteiger partial charge in [0.2, 0.25) is 0 Å². The van der Waals surface area contributed by atoms with Crippen LogP contribution < -0.4 is 0 Å². The van der Waals surface area contributed by atoms with Gasteiger partial charge < -0.3 is 4.74 Å². The number of nitrogens with zero attached hydrogens (tertiary/aromatic N) is 3. The predicted octanol–water partition coefficient (Wildman–Crippen LogP) is 1.62. The monoisotopic (exact) mass is 203 g/mol. The highest BCUT2D eigenvalue weighted by Crippen LogP contribution is 2.25. The van der Waals surface area contributed by atoms with Crippen LogP contribution in [0.3, 0.4) is 0 Å². The third-order valence-corrected chi connectivity index (χ3v) is 2.92. The highest BCUT2D eigenvalue weighted by atomic mass is 16.5. The van der Waals surface area contributed by atoms with Gasteiger partial charge in [-0.2, -0.15) is 5.10 Å². The smallest absolute Gasteiger partial charge is 0.155 e. The Bertz CT molecular complexity index is 460. The minimum atomic E-state index is 0.554. The third-order valence-electron chi connectivity index (χ3n) is 2.92. The van der Waals surface area contributed by atoms with Crippen LogP contribution in [-0.2, 0) is 4.74 Å². The fraction of sp³-hybridized carbons (Fsp3) is 0.455. The van der Waals surface area contributed by atoms with Crippen LogP contribution in [0.25, 0.3) is 5.65 Å². The molecule has 1 aliphatic heterocycles. The van der Waals surface area contributed by atoms with E-state index in [1.807, 2.05) is 12.3 Å². The molecule has 0 saturated carbocycles. The van der Waals surface area contributed by atoms with E-state index >= 15 is 0 Å². The highest BCUT2D eigenvalue weighted by molar-refractivity contribution is 5.36. The van der Waals surface area contributed by atoms with Gasteiger partial charge in [-0.15, -0.1) is 0 Å². The SMILES string of the molecule is c1cc2nc(C3CCOCC3)ccn2n1. The molecule has 4 heteroatoms. The molecule has 78 valence electrons. The van der Waals surface area contributed by atoms with Crippen LogP contribution in [-0.4, -0.2) is 27.8 Å². The molecule has 0 atom stereocenters. The van der Waals surface area contributed by atoms with Crippen molar-refractivity contribution in [1.29, 1.82) is 0 Å². The van der Waals surface area contributed by atoms with Gasteiger partial charge in [0.1, 0.15) is 0 Å². The molecule has 2 aromatic heterocycles. The molecule has 0 amide bonds. The molecule has 2 aromatic rings. The lowest BCUT2D eigenvalue weighted by Crippen LogP contribution is -2.15. The maximum atomic E-state index is 5.35. The molecular weight excluding hydrogens is 190 g/mol. The van der Waals surface area contributed by atoms with Crippen molar-refractivity contribution in [2.24, 2.45) is 0 Å². The van der Waals surface area contributed by atoms with Crippen LogP contribution in [0.2, 0.25) is 0 Å². The Hall–Kier alpha value is -1.42. The molecule has 3 rings (SSSR count). The van der Waals surface area contributed by atoms with Gasteiger partial charge in [0.25, 0.3) is 0 Å². The first-order chi connectivity index (χ1) is 7.43. The number of hydrogen-bond donors (Lipinski definition) is 0. The van der Waals surface area contributed by atoms with E-state index in [1.165, 1.54) is 5.69 Å². The second-order valence-electron chi connectivity index (χ2n) is 3.87. The van der Waals surface area contributed by atoms with Gasteiger partial charge in [-0.25, -0.2) is 9.50 Å². The quantitative estimate of drug-likeness (QED) is 0.707. The average molecular weight is 203 g/mol. The van der Waals surface area contributed by atoms with E-state index in [1.54, 1.807) is 10.7 Å². The standard InChI is InChI=1S/C11H13N3O/c1-5-12-14-6-2-10(13-11(1)14)9-3-7-15-8-4-9/h1-2,5-6,9H,3-4,7-8H2. The summed E-state index contributed by atoms with van der Waals surface area (Å²) in [5.74, 6) is 0.554. The van der Waals surface area contributed by atoms with Gasteiger partial charge in [0, 0.05) is 37.1 Å². The summed E-state index contributed by atoms with van der Waals surface area (Å²) in [6.07, 6.45) is 5.91. The van der Waals surface area contributed by atoms with Crippen molar-refractivity contribution in [3.8, 4) is 0 Å². The first kappa shape index (κ1) is 8.85. The van der Waals surface area contributed by atoms with Crippen molar-refractivity contribution in [2.45, 2.75) is 18.8 Å². The summed E-state index contributed by atoms with van der Waals surface area (Å²) < 4.78 is 7.14. The Kier molecular flexibility index (Phi) is 2.14. The summed E-state index contributed by atoms with van der Waals surface area (Å²) in [5, 5.41) is 4.13. The van der Waals surface area contributed by atoms with Gasteiger partial charge in [0.05, 0.1) is 6.20 Å². The fourth-order valence-corrected chi connectivity index (χ4v) is 2.05. The Morgan fingerprint density at radius 1 is 1.27 bits per heavy atom. The largest absolute Gasteiger partial charge is 0.381 e. The highest BCUT2D eigenvalue weighted by Gasteiger charge is 2.17. The van der Waals surface area contributed by atoms with Crippen molar-refractivity contribution < 1.29 is 4.74 Å². The van der Waals surface area contributed by atoms with E-state index in [2.05, 4.69) is 16.1 Å². The molecular formula is C11H13N3O. The molecule has 0 radical (unpaired) electrons. The zero-order chi connectivity index (χ0) is 10.1. The maximum Gasteiger partial charge on any atom is 0.155 e. The molecule has 0 unspecified atom stereocenters. The number of rotatable bonds is 1. The maximum absolute atomic E-state index is 5.35. The van der Waals surface area contributed by atoms with Crippen molar-refractivity contribution in [1.82, 2.24) is 14.6 Å². The Balaban J connectivity index is 1.95. The van der Waals surface area contributed by atoms with E-state index in [0.29, 0.717) is 5.92 Å². The Morgan fingerprint density at radius 2 is 2.13 bits per heavy atom. The summed E-state index contributed by atoms with van der Waals surface area (Å²) >= 11 is 0. The van der Waals surface area contributed by atoms with Crippen molar-refractivity contribution in [2.75, 3.05) is 13.2 Å². The minimum absolute atomic E-state index is 0.554. The average Bonchev–Trinajstić information content (AvgIpc) is 2.77. The molecule has 3 heterocycles. The first-order valence-corrected chi connectivity index (χ1v) is 5.31. The summed E-state index contributed by atoms with van der Waals surface area (Å²) in [5.41, 5.74) is 2.10. The van der Waals surface area contributed by atoms with Crippen molar-refractivity contribution in [3.63, 3.8) is 0 Å². The second kappa shape index (κ2) is 3.62. The van der Waals surface area contributed by atoms with Crippen LogP contribution in [0.4, 0.5) is 0 Å². The third kappa shape index (κ3) is 1.61. The molecule has 15 heavy (non-hydrogen) atoms. The molecule has 1 aliphatic rings. The molecule has 0 spiro atoms. The molecule has 1 saturated heterocycles. The van der Waals surface area contributed by atoms with Crippen LogP contribution in [0.1, 0.15) is 24.5 Å². The molecule has 0 aromatic carbocycles. The van der Waals surface area contributed by atoms with Crippen LogP contribution in [0.5, 0.6) is 0 Å². The van der Waals surface area contributed by atoms with E-state index in [0.717, 1.165) is 31.7 Å². The van der Waals surface area contributed by atoms with Gasteiger partial charge in [-0.3, -0.25) is 0 Å². The Morgan fingerprint density at radius 3 is 3.00 bits per heavy atom. The van der Waals surface area contributed by atoms with Gasteiger partial charge in [-0.1, -0.05) is 0 Å². The zero-order valence-corrected chi connectivity index (χ0v) is 8.47. The van der Waals surface area contributed by atoms with Crippen LogP contribution >= 0.6 is 0 Å². The van der Waals surface area contributed by atoms with Gasteiger partial charge >= 0.3 is 0 Å². The molecule has 0 bridgehead atoms. The van der Waals surface area contributed by atoms with E-state index < -0.39 is 0 Å². The lowest BCUT2D eigenvalue weighted by atomic mass is 9.96. The van der Waals surface area contributed by atoms with E-state index in [9.17, 15) is 0 Å². The topological polar surface area (TPSA) is 39.4 Å². The number of aromatic nitrogens is 3.